The van der Waals surface area contributed by atoms with Crippen molar-refractivity contribution in [1.82, 2.24) is 10.9 Å². The molecule has 1 saturated heterocycles. The quantitative estimate of drug-likeness (QED) is 0.148. The first kappa shape index (κ1) is 26.2. The van der Waals surface area contributed by atoms with Crippen molar-refractivity contribution < 1.29 is 27.9 Å². The molecule has 0 aromatic heterocycles. The summed E-state index contributed by atoms with van der Waals surface area (Å²) >= 11 is 0. The lowest BCUT2D eigenvalue weighted by Crippen LogP contribution is -2.34. The van der Waals surface area contributed by atoms with E-state index >= 15 is 0 Å². The molecule has 1 aliphatic rings. The average molecular weight is 530 g/mol. The van der Waals surface area contributed by atoms with Crippen molar-refractivity contribution in [2.75, 3.05) is 5.32 Å². The lowest BCUT2D eigenvalue weighted by atomic mass is 10.0. The molecule has 12 nitrogen and oxygen atoms in total. The molecule has 3 N–H and O–H groups in total. The number of anilines is 1. The number of nitrogens with one attached hydrogen (secondary N) is 3. The maximum Gasteiger partial charge on any atom is 0.426 e. The van der Waals surface area contributed by atoms with E-state index in [1.165, 1.54) is 12.1 Å². The number of rotatable bonds is 9. The Hall–Kier alpha value is -4.89. The van der Waals surface area contributed by atoms with Gasteiger partial charge in [0.25, 0.3) is 5.69 Å². The van der Waals surface area contributed by atoms with Crippen molar-refractivity contribution in [2.45, 2.75) is 18.4 Å². The van der Waals surface area contributed by atoms with Crippen LogP contribution in [0.5, 0.6) is 0 Å². The number of nitrogens with zero attached hydrogens (tertiary/aromatic N) is 3. The van der Waals surface area contributed by atoms with Gasteiger partial charge in [-0.1, -0.05) is 60.7 Å². The third kappa shape index (κ3) is 5.28. The highest BCUT2D eigenvalue weighted by Crippen LogP contribution is 2.42. The summed E-state index contributed by atoms with van der Waals surface area (Å²) in [5.74, 6) is 0. The maximum absolute atomic E-state index is 13.2. The van der Waals surface area contributed by atoms with Crippen LogP contribution in [0.3, 0.4) is 0 Å². The van der Waals surface area contributed by atoms with E-state index in [1.807, 2.05) is 0 Å². The highest BCUT2D eigenvalue weighted by Gasteiger charge is 2.65. The van der Waals surface area contributed by atoms with Gasteiger partial charge in [0.05, 0.1) is 26.9 Å². The minimum atomic E-state index is -4.49. The molecule has 15 heteroatoms. The third-order valence-electron chi connectivity index (χ3n) is 5.75. The smallest absolute Gasteiger partial charge is 0.370 e. The first-order valence-electron chi connectivity index (χ1n) is 10.7. The van der Waals surface area contributed by atoms with Crippen LogP contribution in [0.2, 0.25) is 0 Å². The molecule has 0 aliphatic carbocycles. The van der Waals surface area contributed by atoms with Crippen LogP contribution in [0.4, 0.5) is 35.9 Å². The molecule has 1 aliphatic heterocycles. The number of hydrazine groups is 1. The number of alkyl halides is 3. The van der Waals surface area contributed by atoms with Gasteiger partial charge in [-0.05, 0) is 22.3 Å². The van der Waals surface area contributed by atoms with Crippen LogP contribution in [0.15, 0.2) is 60.7 Å². The van der Waals surface area contributed by atoms with Crippen molar-refractivity contribution >= 4 is 34.9 Å². The third-order valence-corrected chi connectivity index (χ3v) is 5.75. The van der Waals surface area contributed by atoms with Gasteiger partial charge >= 0.3 is 17.6 Å². The Morgan fingerprint density at radius 3 is 1.66 bits per heavy atom. The SMILES string of the molecule is O=[N+]([O-])c1cc([N+](=O)[O-])c(NCc2ccc(/C=C/c3ccc(C4(C(F)(F)F)NN4)cc3)cc2)c([N+](=O)[O-])c1. The first-order chi connectivity index (χ1) is 17.9. The van der Waals surface area contributed by atoms with E-state index in [-0.39, 0.29) is 12.1 Å². The van der Waals surface area contributed by atoms with Crippen LogP contribution in [0.25, 0.3) is 12.2 Å². The highest BCUT2D eigenvalue weighted by atomic mass is 19.4. The van der Waals surface area contributed by atoms with Crippen molar-refractivity contribution in [2.24, 2.45) is 0 Å². The molecule has 0 atom stereocenters. The zero-order chi connectivity index (χ0) is 27.7. The molecule has 0 radical (unpaired) electrons. The zero-order valence-corrected chi connectivity index (χ0v) is 19.1. The molecule has 0 spiro atoms. The Kier molecular flexibility index (Phi) is 6.80. The minimum absolute atomic E-state index is 0.0347. The van der Waals surface area contributed by atoms with E-state index in [2.05, 4.69) is 16.2 Å². The largest absolute Gasteiger partial charge is 0.426 e. The van der Waals surface area contributed by atoms with E-state index in [9.17, 15) is 43.5 Å². The van der Waals surface area contributed by atoms with Crippen LogP contribution in [-0.2, 0) is 12.2 Å². The van der Waals surface area contributed by atoms with Crippen LogP contribution < -0.4 is 16.2 Å². The number of halogens is 3. The monoisotopic (exact) mass is 530 g/mol. The lowest BCUT2D eigenvalue weighted by molar-refractivity contribution is -0.401. The van der Waals surface area contributed by atoms with Gasteiger partial charge in [0.2, 0.25) is 5.66 Å². The molecule has 1 fully saturated rings. The second kappa shape index (κ2) is 9.87. The molecule has 3 aromatic carbocycles. The number of hydrogen-bond donors (Lipinski definition) is 3. The van der Waals surface area contributed by atoms with E-state index < -0.39 is 49.4 Å². The molecule has 0 unspecified atom stereocenters. The van der Waals surface area contributed by atoms with Crippen molar-refractivity contribution in [3.05, 3.63) is 113 Å². The van der Waals surface area contributed by atoms with Gasteiger partial charge in [0.1, 0.15) is 0 Å². The van der Waals surface area contributed by atoms with Gasteiger partial charge in [0, 0.05) is 6.54 Å². The summed E-state index contributed by atoms with van der Waals surface area (Å²) in [6.45, 7) is -0.0476. The summed E-state index contributed by atoms with van der Waals surface area (Å²) in [5, 5.41) is 36.4. The molecule has 0 saturated carbocycles. The minimum Gasteiger partial charge on any atom is -0.370 e. The fraction of sp³-hybridized carbons (Fsp3) is 0.130. The second-order valence-corrected chi connectivity index (χ2v) is 8.18. The standard InChI is InChI=1S/C23H17F3N6O6/c24-23(25,26)22(28-29-22)17-9-7-15(8-10-17)2-1-14-3-5-16(6-4-14)13-27-21-19(31(35)36)11-18(30(33)34)12-20(21)32(37)38/h1-12,27-29H,13H2/b2-1+. The van der Waals surface area contributed by atoms with Crippen LogP contribution in [0, 0.1) is 30.3 Å². The fourth-order valence-electron chi connectivity index (χ4n) is 3.66. The van der Waals surface area contributed by atoms with Gasteiger partial charge in [0.15, 0.2) is 5.69 Å². The average Bonchev–Trinajstić information content (AvgIpc) is 3.69. The van der Waals surface area contributed by atoms with Gasteiger partial charge in [-0.15, -0.1) is 0 Å². The summed E-state index contributed by atoms with van der Waals surface area (Å²) < 4.78 is 39.5. The maximum atomic E-state index is 13.2. The Morgan fingerprint density at radius 1 is 0.789 bits per heavy atom. The lowest BCUT2D eigenvalue weighted by Gasteiger charge is -2.16. The van der Waals surface area contributed by atoms with E-state index in [4.69, 9.17) is 0 Å². The Balaban J connectivity index is 1.45. The first-order valence-corrected chi connectivity index (χ1v) is 10.7. The summed E-state index contributed by atoms with van der Waals surface area (Å²) in [5.41, 5.74) is 1.26. The molecule has 3 aromatic rings. The number of non-ortho nitro benzene ring substituents is 1. The predicted octanol–water partition coefficient (Wildman–Crippen LogP) is 5.02. The number of hydrogen-bond acceptors (Lipinski definition) is 9. The van der Waals surface area contributed by atoms with E-state index in [0.717, 1.165) is 5.56 Å². The summed E-state index contributed by atoms with van der Waals surface area (Å²) in [6.07, 6.45) is -1.06. The topological polar surface area (TPSA) is 185 Å². The summed E-state index contributed by atoms with van der Waals surface area (Å²) in [7, 11) is 0. The van der Waals surface area contributed by atoms with Gasteiger partial charge in [-0.2, -0.15) is 13.2 Å². The summed E-state index contributed by atoms with van der Waals surface area (Å²) in [4.78, 5) is 30.9. The molecule has 0 bridgehead atoms. The molecule has 38 heavy (non-hydrogen) atoms. The Morgan fingerprint density at radius 2 is 1.26 bits per heavy atom. The number of benzene rings is 3. The van der Waals surface area contributed by atoms with Gasteiger partial charge < -0.3 is 5.32 Å². The molecular formula is C23H17F3N6O6. The number of nitro groups is 3. The Labute approximate surface area is 211 Å². The van der Waals surface area contributed by atoms with Gasteiger partial charge in [-0.3, -0.25) is 30.3 Å². The van der Waals surface area contributed by atoms with E-state index in [0.29, 0.717) is 23.3 Å². The van der Waals surface area contributed by atoms with Gasteiger partial charge in [-0.25, -0.2) is 10.9 Å². The summed E-state index contributed by atoms with van der Waals surface area (Å²) in [6, 6.07) is 13.9. The van der Waals surface area contributed by atoms with Crippen molar-refractivity contribution in [3.8, 4) is 0 Å². The van der Waals surface area contributed by atoms with Crippen LogP contribution >= 0.6 is 0 Å². The van der Waals surface area contributed by atoms with E-state index in [1.54, 1.807) is 48.6 Å². The predicted molar refractivity (Wildman–Crippen MR) is 130 cm³/mol. The molecule has 1 heterocycles. The van der Waals surface area contributed by atoms with Crippen molar-refractivity contribution in [3.63, 3.8) is 0 Å². The highest BCUT2D eigenvalue weighted by molar-refractivity contribution is 5.77. The van der Waals surface area contributed by atoms with Crippen LogP contribution in [-0.4, -0.2) is 20.9 Å². The fourth-order valence-corrected chi connectivity index (χ4v) is 3.66. The van der Waals surface area contributed by atoms with Crippen LogP contribution in [0.1, 0.15) is 22.3 Å². The number of nitro benzene ring substituents is 3. The van der Waals surface area contributed by atoms with Crippen molar-refractivity contribution in [1.29, 1.82) is 0 Å². The molecular weight excluding hydrogens is 513 g/mol. The zero-order valence-electron chi connectivity index (χ0n) is 19.1. The normalized spacial score (nSPS) is 14.3. The Bertz CT molecular complexity index is 1400. The molecule has 0 amide bonds. The second-order valence-electron chi connectivity index (χ2n) is 8.18. The molecule has 196 valence electrons. The molecule has 4 rings (SSSR count).